The van der Waals surface area contributed by atoms with Crippen LogP contribution < -0.4 is 9.62 Å². The molecule has 31 heavy (non-hydrogen) atoms. The summed E-state index contributed by atoms with van der Waals surface area (Å²) >= 11 is 0. The fraction of sp³-hybridized carbons (Fsp3) is 0.217. The van der Waals surface area contributed by atoms with E-state index >= 15 is 0 Å². The molecule has 1 heterocycles. The molecule has 0 aromatic heterocycles. The van der Waals surface area contributed by atoms with E-state index in [1.807, 2.05) is 48.5 Å². The van der Waals surface area contributed by atoms with Crippen LogP contribution in [0.1, 0.15) is 12.0 Å². The number of para-hydroxylation sites is 1. The highest BCUT2D eigenvalue weighted by molar-refractivity contribution is 7.89. The number of nitrogens with one attached hydrogen (secondary N) is 1. The molecule has 0 aliphatic carbocycles. The molecule has 1 aliphatic heterocycles. The summed E-state index contributed by atoms with van der Waals surface area (Å²) in [6.07, 6.45) is 0.600. The van der Waals surface area contributed by atoms with E-state index in [9.17, 15) is 18.0 Å². The molecule has 0 saturated heterocycles. The first-order valence-electron chi connectivity index (χ1n) is 9.96. The SMILES string of the molecule is O=C(CCNS(=O)(=O)c1ccc2ccccc2c1)OCC(=O)N1CCc2ccccc21. The molecule has 7 nitrogen and oxygen atoms in total. The van der Waals surface area contributed by atoms with Crippen molar-refractivity contribution in [2.75, 3.05) is 24.6 Å². The van der Waals surface area contributed by atoms with Gasteiger partial charge in [-0.1, -0.05) is 48.5 Å². The van der Waals surface area contributed by atoms with Gasteiger partial charge in [-0.15, -0.1) is 0 Å². The third kappa shape index (κ3) is 4.76. The van der Waals surface area contributed by atoms with Crippen LogP contribution in [0.2, 0.25) is 0 Å². The van der Waals surface area contributed by atoms with E-state index in [1.54, 1.807) is 17.0 Å². The Hall–Kier alpha value is -3.23. The van der Waals surface area contributed by atoms with Crippen LogP contribution >= 0.6 is 0 Å². The minimum atomic E-state index is -3.76. The summed E-state index contributed by atoms with van der Waals surface area (Å²) in [5.41, 5.74) is 1.93. The largest absolute Gasteiger partial charge is 0.456 e. The molecule has 8 heteroatoms. The zero-order valence-electron chi connectivity index (χ0n) is 16.8. The molecule has 3 aromatic rings. The van der Waals surface area contributed by atoms with Crippen molar-refractivity contribution in [3.05, 3.63) is 72.3 Å². The van der Waals surface area contributed by atoms with Gasteiger partial charge in [0.25, 0.3) is 5.91 Å². The van der Waals surface area contributed by atoms with E-state index in [-0.39, 0.29) is 30.4 Å². The van der Waals surface area contributed by atoms with Crippen LogP contribution in [0.5, 0.6) is 0 Å². The fourth-order valence-electron chi connectivity index (χ4n) is 3.59. The Kier molecular flexibility index (Phi) is 6.01. The van der Waals surface area contributed by atoms with Gasteiger partial charge in [-0.05, 0) is 41.0 Å². The van der Waals surface area contributed by atoms with E-state index in [0.717, 1.165) is 28.4 Å². The molecule has 1 amide bonds. The lowest BCUT2D eigenvalue weighted by Crippen LogP contribution is -2.33. The van der Waals surface area contributed by atoms with Crippen molar-refractivity contribution in [3.8, 4) is 0 Å². The Morgan fingerprint density at radius 2 is 1.71 bits per heavy atom. The van der Waals surface area contributed by atoms with Crippen molar-refractivity contribution < 1.29 is 22.7 Å². The molecular formula is C23H22N2O5S. The molecular weight excluding hydrogens is 416 g/mol. The van der Waals surface area contributed by atoms with Crippen molar-refractivity contribution in [2.24, 2.45) is 0 Å². The second kappa shape index (κ2) is 8.87. The molecule has 0 bridgehead atoms. The number of fused-ring (bicyclic) bond motifs is 2. The van der Waals surface area contributed by atoms with Gasteiger partial charge < -0.3 is 9.64 Å². The number of benzene rings is 3. The normalized spacial score (nSPS) is 13.2. The van der Waals surface area contributed by atoms with Gasteiger partial charge in [0.15, 0.2) is 6.61 Å². The second-order valence-electron chi connectivity index (χ2n) is 7.24. The summed E-state index contributed by atoms with van der Waals surface area (Å²) in [6, 6.07) is 19.9. The van der Waals surface area contributed by atoms with E-state index < -0.39 is 16.0 Å². The van der Waals surface area contributed by atoms with E-state index in [1.165, 1.54) is 6.07 Å². The van der Waals surface area contributed by atoms with Crippen molar-refractivity contribution in [2.45, 2.75) is 17.7 Å². The highest BCUT2D eigenvalue weighted by Crippen LogP contribution is 2.27. The minimum Gasteiger partial charge on any atom is -0.456 e. The van der Waals surface area contributed by atoms with Crippen LogP contribution in [0.25, 0.3) is 10.8 Å². The average molecular weight is 439 g/mol. The van der Waals surface area contributed by atoms with Crippen LogP contribution in [0.15, 0.2) is 71.6 Å². The van der Waals surface area contributed by atoms with E-state index in [4.69, 9.17) is 4.74 Å². The number of hydrogen-bond acceptors (Lipinski definition) is 5. The lowest BCUT2D eigenvalue weighted by molar-refractivity contribution is -0.147. The summed E-state index contributed by atoms with van der Waals surface area (Å²) in [5.74, 6) is -0.933. The highest BCUT2D eigenvalue weighted by atomic mass is 32.2. The third-order valence-electron chi connectivity index (χ3n) is 5.20. The molecule has 1 N–H and O–H groups in total. The van der Waals surface area contributed by atoms with Crippen LogP contribution in [0.3, 0.4) is 0 Å². The van der Waals surface area contributed by atoms with Crippen molar-refractivity contribution in [3.63, 3.8) is 0 Å². The smallest absolute Gasteiger partial charge is 0.307 e. The van der Waals surface area contributed by atoms with Gasteiger partial charge >= 0.3 is 5.97 Å². The summed E-state index contributed by atoms with van der Waals surface area (Å²) in [7, 11) is -3.76. The maximum atomic E-state index is 12.5. The number of ether oxygens (including phenoxy) is 1. The maximum absolute atomic E-state index is 12.5. The Morgan fingerprint density at radius 1 is 0.968 bits per heavy atom. The van der Waals surface area contributed by atoms with E-state index in [0.29, 0.717) is 6.54 Å². The number of rotatable bonds is 7. The topological polar surface area (TPSA) is 92.8 Å². The number of carbonyl (C=O) groups is 2. The zero-order chi connectivity index (χ0) is 21.8. The lowest BCUT2D eigenvalue weighted by Gasteiger charge is -2.17. The molecule has 4 rings (SSSR count). The van der Waals surface area contributed by atoms with Crippen LogP contribution in [0, 0.1) is 0 Å². The van der Waals surface area contributed by atoms with Gasteiger partial charge in [0.2, 0.25) is 10.0 Å². The van der Waals surface area contributed by atoms with Gasteiger partial charge in [0, 0.05) is 18.8 Å². The van der Waals surface area contributed by atoms with Crippen LogP contribution in [-0.4, -0.2) is 40.0 Å². The Balaban J connectivity index is 1.26. The number of carbonyl (C=O) groups excluding carboxylic acids is 2. The van der Waals surface area contributed by atoms with Gasteiger partial charge in [0.05, 0.1) is 11.3 Å². The maximum Gasteiger partial charge on any atom is 0.307 e. The molecule has 0 spiro atoms. The third-order valence-corrected chi connectivity index (χ3v) is 6.66. The molecule has 1 aliphatic rings. The molecule has 0 saturated carbocycles. The Morgan fingerprint density at radius 3 is 2.55 bits per heavy atom. The fourth-order valence-corrected chi connectivity index (χ4v) is 4.66. The Bertz CT molecular complexity index is 1240. The van der Waals surface area contributed by atoms with Gasteiger partial charge in [-0.2, -0.15) is 0 Å². The van der Waals surface area contributed by atoms with Crippen molar-refractivity contribution >= 4 is 38.4 Å². The summed E-state index contributed by atoms with van der Waals surface area (Å²) < 4.78 is 32.4. The monoisotopic (exact) mass is 438 g/mol. The van der Waals surface area contributed by atoms with Crippen molar-refractivity contribution in [1.82, 2.24) is 4.72 Å². The average Bonchev–Trinajstić information content (AvgIpc) is 3.21. The van der Waals surface area contributed by atoms with Gasteiger partial charge in [-0.3, -0.25) is 9.59 Å². The first kappa shape index (κ1) is 21.0. The van der Waals surface area contributed by atoms with Gasteiger partial charge in [0.1, 0.15) is 0 Å². The Labute approximate surface area is 180 Å². The molecule has 3 aromatic carbocycles. The number of nitrogens with zero attached hydrogens (tertiary/aromatic N) is 1. The zero-order valence-corrected chi connectivity index (χ0v) is 17.6. The highest BCUT2D eigenvalue weighted by Gasteiger charge is 2.25. The van der Waals surface area contributed by atoms with Gasteiger partial charge in [-0.25, -0.2) is 13.1 Å². The first-order valence-corrected chi connectivity index (χ1v) is 11.4. The number of amides is 1. The standard InChI is InChI=1S/C23H22N2O5S/c26-22(25-14-12-18-6-3-4-8-21(18)25)16-30-23(27)11-13-24-31(28,29)20-10-9-17-5-1-2-7-19(17)15-20/h1-10,15,24H,11-14,16H2. The lowest BCUT2D eigenvalue weighted by atomic mass is 10.1. The van der Waals surface area contributed by atoms with Crippen LogP contribution in [-0.2, 0) is 30.8 Å². The molecule has 0 fully saturated rings. The molecule has 0 atom stereocenters. The van der Waals surface area contributed by atoms with Crippen LogP contribution in [0.4, 0.5) is 5.69 Å². The predicted molar refractivity (Wildman–Crippen MR) is 117 cm³/mol. The number of hydrogen-bond donors (Lipinski definition) is 1. The number of anilines is 1. The molecule has 0 unspecified atom stereocenters. The molecule has 0 radical (unpaired) electrons. The summed E-state index contributed by atoms with van der Waals surface area (Å²) in [4.78, 5) is 26.1. The number of esters is 1. The predicted octanol–water partition coefficient (Wildman–Crippen LogP) is 2.64. The summed E-state index contributed by atoms with van der Waals surface area (Å²) in [5, 5.41) is 1.75. The van der Waals surface area contributed by atoms with E-state index in [2.05, 4.69) is 4.72 Å². The van der Waals surface area contributed by atoms with Crippen molar-refractivity contribution in [1.29, 1.82) is 0 Å². The second-order valence-corrected chi connectivity index (χ2v) is 9.01. The minimum absolute atomic E-state index is 0.116. The molecule has 160 valence electrons. The quantitative estimate of drug-likeness (QED) is 0.573. The summed E-state index contributed by atoms with van der Waals surface area (Å²) in [6.45, 7) is 0.0701. The number of sulfonamides is 1. The first-order chi connectivity index (χ1) is 14.9.